The molecule has 1 aromatic rings. The van der Waals surface area contributed by atoms with Crippen LogP contribution in [-0.4, -0.2) is 11.8 Å². The summed E-state index contributed by atoms with van der Waals surface area (Å²) in [6.45, 7) is 3.71. The van der Waals surface area contributed by atoms with Gasteiger partial charge in [-0.1, -0.05) is 13.8 Å². The Kier molecular flexibility index (Phi) is 4.75. The van der Waals surface area contributed by atoms with Gasteiger partial charge < -0.3 is 5.73 Å². The van der Waals surface area contributed by atoms with Crippen molar-refractivity contribution in [3.05, 3.63) is 35.4 Å². The SMILES string of the molecule is CC(C)[C@@H](N)C(=O)CCc1cc(F)ccc1F. The maximum absolute atomic E-state index is 13.3. The van der Waals surface area contributed by atoms with Crippen LogP contribution in [0.5, 0.6) is 0 Å². The van der Waals surface area contributed by atoms with Gasteiger partial charge in [0.2, 0.25) is 0 Å². The predicted molar refractivity (Wildman–Crippen MR) is 62.5 cm³/mol. The zero-order valence-corrected chi connectivity index (χ0v) is 10.0. The predicted octanol–water partition coefficient (Wildman–Crippen LogP) is 2.45. The highest BCUT2D eigenvalue weighted by Crippen LogP contribution is 2.13. The first-order chi connectivity index (χ1) is 7.91. The Balaban J connectivity index is 2.61. The lowest BCUT2D eigenvalue weighted by Gasteiger charge is -2.14. The van der Waals surface area contributed by atoms with Gasteiger partial charge in [0.05, 0.1) is 6.04 Å². The molecule has 2 N–H and O–H groups in total. The zero-order valence-electron chi connectivity index (χ0n) is 10.0. The molecule has 1 rings (SSSR count). The molecule has 94 valence electrons. The van der Waals surface area contributed by atoms with Gasteiger partial charge in [-0.25, -0.2) is 8.78 Å². The van der Waals surface area contributed by atoms with Crippen molar-refractivity contribution in [2.45, 2.75) is 32.7 Å². The minimum atomic E-state index is -0.536. The molecule has 0 spiro atoms. The second-order valence-electron chi connectivity index (χ2n) is 4.47. The number of benzene rings is 1. The summed E-state index contributed by atoms with van der Waals surface area (Å²) in [7, 11) is 0. The van der Waals surface area contributed by atoms with Crippen molar-refractivity contribution >= 4 is 5.78 Å². The molecule has 0 unspecified atom stereocenters. The van der Waals surface area contributed by atoms with E-state index in [1.807, 2.05) is 13.8 Å². The minimum absolute atomic E-state index is 0.0554. The molecule has 0 saturated heterocycles. The first-order valence-corrected chi connectivity index (χ1v) is 5.64. The molecule has 0 saturated carbocycles. The normalized spacial score (nSPS) is 12.8. The molecule has 0 radical (unpaired) electrons. The second-order valence-corrected chi connectivity index (χ2v) is 4.47. The smallest absolute Gasteiger partial charge is 0.150 e. The zero-order chi connectivity index (χ0) is 13.0. The van der Waals surface area contributed by atoms with Crippen LogP contribution < -0.4 is 5.73 Å². The molecule has 0 heterocycles. The standard InChI is InChI=1S/C13H17F2NO/c1-8(2)13(16)12(17)6-3-9-7-10(14)4-5-11(9)15/h4-5,7-8,13H,3,6,16H2,1-2H3/t13-/m1/s1. The molecule has 1 atom stereocenters. The lowest BCUT2D eigenvalue weighted by atomic mass is 9.96. The first-order valence-electron chi connectivity index (χ1n) is 5.64. The van der Waals surface area contributed by atoms with Crippen molar-refractivity contribution in [1.82, 2.24) is 0 Å². The molecule has 1 aromatic carbocycles. The Morgan fingerprint density at radius 2 is 2.00 bits per heavy atom. The highest BCUT2D eigenvalue weighted by molar-refractivity contribution is 5.84. The van der Waals surface area contributed by atoms with E-state index in [2.05, 4.69) is 0 Å². The van der Waals surface area contributed by atoms with Crippen molar-refractivity contribution in [3.63, 3.8) is 0 Å². The van der Waals surface area contributed by atoms with Crippen LogP contribution in [0, 0.1) is 17.6 Å². The van der Waals surface area contributed by atoms with Crippen molar-refractivity contribution in [2.24, 2.45) is 11.7 Å². The fourth-order valence-corrected chi connectivity index (χ4v) is 1.53. The van der Waals surface area contributed by atoms with Crippen molar-refractivity contribution in [1.29, 1.82) is 0 Å². The van der Waals surface area contributed by atoms with Crippen LogP contribution >= 0.6 is 0 Å². The summed E-state index contributed by atoms with van der Waals surface area (Å²) in [6.07, 6.45) is 0.322. The third kappa shape index (κ3) is 3.89. The maximum atomic E-state index is 13.3. The summed E-state index contributed by atoms with van der Waals surface area (Å²) >= 11 is 0. The van der Waals surface area contributed by atoms with Gasteiger partial charge in [-0.2, -0.15) is 0 Å². The van der Waals surface area contributed by atoms with E-state index in [1.165, 1.54) is 0 Å². The summed E-state index contributed by atoms with van der Waals surface area (Å²) in [4.78, 5) is 11.6. The largest absolute Gasteiger partial charge is 0.321 e. The van der Waals surface area contributed by atoms with Gasteiger partial charge in [0.15, 0.2) is 0 Å². The van der Waals surface area contributed by atoms with Gasteiger partial charge in [-0.05, 0) is 36.1 Å². The number of hydrogen-bond donors (Lipinski definition) is 1. The second kappa shape index (κ2) is 5.87. The average Bonchev–Trinajstić information content (AvgIpc) is 2.28. The Morgan fingerprint density at radius 1 is 1.35 bits per heavy atom. The van der Waals surface area contributed by atoms with E-state index in [9.17, 15) is 13.6 Å². The number of carbonyl (C=O) groups excluding carboxylic acids is 1. The van der Waals surface area contributed by atoms with E-state index in [4.69, 9.17) is 5.73 Å². The molecule has 0 fully saturated rings. The summed E-state index contributed by atoms with van der Waals surface area (Å²) in [6, 6.07) is 2.70. The number of halogens is 2. The quantitative estimate of drug-likeness (QED) is 0.860. The number of nitrogens with two attached hydrogens (primary N) is 1. The Bertz CT molecular complexity index is 404. The molecule has 17 heavy (non-hydrogen) atoms. The molecule has 0 bridgehead atoms. The van der Waals surface area contributed by atoms with Gasteiger partial charge >= 0.3 is 0 Å². The lowest BCUT2D eigenvalue weighted by Crippen LogP contribution is -2.35. The molecule has 0 amide bonds. The monoisotopic (exact) mass is 241 g/mol. The molecular formula is C13H17F2NO. The third-order valence-corrected chi connectivity index (χ3v) is 2.74. The number of Topliss-reactive ketones (excluding diaryl/α,β-unsaturated/α-hetero) is 1. The van der Waals surface area contributed by atoms with E-state index >= 15 is 0 Å². The van der Waals surface area contributed by atoms with Crippen LogP contribution in [0.2, 0.25) is 0 Å². The van der Waals surface area contributed by atoms with Crippen LogP contribution in [0.1, 0.15) is 25.8 Å². The Morgan fingerprint density at radius 3 is 2.59 bits per heavy atom. The fourth-order valence-electron chi connectivity index (χ4n) is 1.53. The summed E-state index contributed by atoms with van der Waals surface area (Å²) in [5.41, 5.74) is 5.89. The summed E-state index contributed by atoms with van der Waals surface area (Å²) in [5.74, 6) is -1.05. The summed E-state index contributed by atoms with van der Waals surface area (Å²) < 4.78 is 26.2. The van der Waals surface area contributed by atoms with E-state index in [1.54, 1.807) is 0 Å². The lowest BCUT2D eigenvalue weighted by molar-refractivity contribution is -0.121. The van der Waals surface area contributed by atoms with Gasteiger partial charge in [0, 0.05) is 6.42 Å². The van der Waals surface area contributed by atoms with E-state index in [0.717, 1.165) is 18.2 Å². The van der Waals surface area contributed by atoms with Crippen molar-refractivity contribution in [3.8, 4) is 0 Å². The fraction of sp³-hybridized carbons (Fsp3) is 0.462. The van der Waals surface area contributed by atoms with Gasteiger partial charge in [0.1, 0.15) is 17.4 Å². The highest BCUT2D eigenvalue weighted by Gasteiger charge is 2.17. The Hall–Kier alpha value is -1.29. The number of ketones is 1. The van der Waals surface area contributed by atoms with Crippen LogP contribution in [0.15, 0.2) is 18.2 Å². The van der Waals surface area contributed by atoms with Crippen LogP contribution in [0.4, 0.5) is 8.78 Å². The molecule has 0 aliphatic heterocycles. The van der Waals surface area contributed by atoms with Gasteiger partial charge in [-0.15, -0.1) is 0 Å². The van der Waals surface area contributed by atoms with Crippen LogP contribution in [0.25, 0.3) is 0 Å². The van der Waals surface area contributed by atoms with E-state index in [-0.39, 0.29) is 30.1 Å². The van der Waals surface area contributed by atoms with Gasteiger partial charge in [-0.3, -0.25) is 4.79 Å². The number of carbonyl (C=O) groups is 1. The van der Waals surface area contributed by atoms with E-state index < -0.39 is 17.7 Å². The van der Waals surface area contributed by atoms with Crippen LogP contribution in [-0.2, 0) is 11.2 Å². The molecule has 4 heteroatoms. The molecule has 0 aliphatic carbocycles. The number of aryl methyl sites for hydroxylation is 1. The molecule has 2 nitrogen and oxygen atoms in total. The number of rotatable bonds is 5. The minimum Gasteiger partial charge on any atom is -0.321 e. The average molecular weight is 241 g/mol. The van der Waals surface area contributed by atoms with Crippen LogP contribution in [0.3, 0.4) is 0 Å². The third-order valence-electron chi connectivity index (χ3n) is 2.74. The molecule has 0 aromatic heterocycles. The first kappa shape index (κ1) is 13.8. The van der Waals surface area contributed by atoms with Gasteiger partial charge in [0.25, 0.3) is 0 Å². The van der Waals surface area contributed by atoms with Crippen molar-refractivity contribution < 1.29 is 13.6 Å². The Labute approximate surface area is 99.8 Å². The highest BCUT2D eigenvalue weighted by atomic mass is 19.1. The van der Waals surface area contributed by atoms with Crippen molar-refractivity contribution in [2.75, 3.05) is 0 Å². The molecular weight excluding hydrogens is 224 g/mol. The molecule has 0 aliphatic rings. The summed E-state index contributed by atoms with van der Waals surface area (Å²) in [5, 5.41) is 0. The van der Waals surface area contributed by atoms with E-state index in [0.29, 0.717) is 0 Å². The topological polar surface area (TPSA) is 43.1 Å². The maximum Gasteiger partial charge on any atom is 0.150 e. The number of hydrogen-bond acceptors (Lipinski definition) is 2.